The minimum absolute atomic E-state index is 0.419. The Labute approximate surface area is 85.7 Å². The monoisotopic (exact) mass is 208 g/mol. The third kappa shape index (κ3) is 8.57. The van der Waals surface area contributed by atoms with E-state index in [0.29, 0.717) is 24.0 Å². The molecule has 3 heteroatoms. The van der Waals surface area contributed by atoms with Gasteiger partial charge >= 0.3 is 0 Å². The first-order valence-electron chi connectivity index (χ1n) is 5.20. The van der Waals surface area contributed by atoms with Crippen LogP contribution in [0.4, 0.5) is 3.89 Å². The van der Waals surface area contributed by atoms with Crippen LogP contribution in [0.1, 0.15) is 46.0 Å². The molecule has 1 nitrogen and oxygen atoms in total. The highest BCUT2D eigenvalue weighted by molar-refractivity contribution is 7.94. The van der Waals surface area contributed by atoms with Crippen molar-refractivity contribution < 1.29 is 8.62 Å². The van der Waals surface area contributed by atoms with E-state index in [-0.39, 0.29) is 0 Å². The second kappa shape index (κ2) is 10.3. The van der Waals surface area contributed by atoms with Crippen molar-refractivity contribution in [2.24, 2.45) is 0 Å². The summed E-state index contributed by atoms with van der Waals surface area (Å²) in [6.07, 6.45) is 5.74. The predicted molar refractivity (Wildman–Crippen MR) is 57.7 cm³/mol. The van der Waals surface area contributed by atoms with Crippen LogP contribution in [0, 0.1) is 0 Å². The molecule has 0 bridgehead atoms. The third-order valence-electron chi connectivity index (χ3n) is 2.04. The van der Waals surface area contributed by atoms with E-state index in [1.165, 1.54) is 6.42 Å². The third-order valence-corrected chi connectivity index (χ3v) is 2.48. The Morgan fingerprint density at radius 3 is 2.62 bits per heavy atom. The Morgan fingerprint density at radius 2 is 2.08 bits per heavy atom. The van der Waals surface area contributed by atoms with Gasteiger partial charge in [0.15, 0.2) is 0 Å². The maximum atomic E-state index is 11.6. The maximum absolute atomic E-state index is 11.6. The van der Waals surface area contributed by atoms with E-state index in [1.807, 2.05) is 0 Å². The van der Waals surface area contributed by atoms with Gasteiger partial charge in [0, 0.05) is 24.5 Å². The summed E-state index contributed by atoms with van der Waals surface area (Å²) in [7, 11) is 0. The van der Waals surface area contributed by atoms with Crippen molar-refractivity contribution in [2.75, 3.05) is 12.4 Å². The molecule has 0 aliphatic carbocycles. The van der Waals surface area contributed by atoms with Crippen molar-refractivity contribution in [3.05, 3.63) is 0 Å². The number of rotatable bonds is 9. The average Bonchev–Trinajstić information content (AvgIpc) is 2.16. The summed E-state index contributed by atoms with van der Waals surface area (Å²) in [6.45, 7) is 5.11. The van der Waals surface area contributed by atoms with Crippen molar-refractivity contribution in [3.63, 3.8) is 0 Å². The zero-order valence-electron chi connectivity index (χ0n) is 8.72. The van der Waals surface area contributed by atoms with Gasteiger partial charge in [0.1, 0.15) is 0 Å². The predicted octanol–water partition coefficient (Wildman–Crippen LogP) is 3.98. The molecule has 0 N–H and O–H groups in total. The molecule has 0 amide bonds. The van der Waals surface area contributed by atoms with Gasteiger partial charge in [-0.1, -0.05) is 20.3 Å². The van der Waals surface area contributed by atoms with Gasteiger partial charge in [-0.2, -0.15) is 3.89 Å². The molecule has 0 spiro atoms. The largest absolute Gasteiger partial charge is 0.378 e. The highest BCUT2D eigenvalue weighted by atomic mass is 32.2. The Kier molecular flexibility index (Phi) is 10.5. The van der Waals surface area contributed by atoms with Crippen LogP contribution in [0.3, 0.4) is 0 Å². The van der Waals surface area contributed by atoms with Crippen LogP contribution >= 0.6 is 12.1 Å². The van der Waals surface area contributed by atoms with Crippen molar-refractivity contribution in [1.82, 2.24) is 0 Å². The molecule has 0 radical (unpaired) electrons. The molecule has 0 saturated carbocycles. The minimum Gasteiger partial charge on any atom is -0.378 e. The molecule has 0 saturated heterocycles. The maximum Gasteiger partial charge on any atom is 0.0572 e. The first kappa shape index (κ1) is 13.2. The topological polar surface area (TPSA) is 9.23 Å². The van der Waals surface area contributed by atoms with Crippen LogP contribution in [0.5, 0.6) is 0 Å². The zero-order valence-corrected chi connectivity index (χ0v) is 9.54. The van der Waals surface area contributed by atoms with Gasteiger partial charge in [-0.3, -0.25) is 0 Å². The summed E-state index contributed by atoms with van der Waals surface area (Å²) >= 11 is 0.421. The molecule has 0 aromatic carbocycles. The van der Waals surface area contributed by atoms with E-state index in [9.17, 15) is 3.89 Å². The van der Waals surface area contributed by atoms with E-state index in [1.54, 1.807) is 0 Å². The molecule has 0 heterocycles. The van der Waals surface area contributed by atoms with Crippen molar-refractivity contribution >= 4 is 12.1 Å². The smallest absolute Gasteiger partial charge is 0.0572 e. The number of ether oxygens (including phenoxy) is 1. The Balaban J connectivity index is 3.17. The first-order chi connectivity index (χ1) is 6.35. The van der Waals surface area contributed by atoms with Gasteiger partial charge in [-0.15, -0.1) is 0 Å². The van der Waals surface area contributed by atoms with E-state index in [4.69, 9.17) is 4.74 Å². The number of hydrogen-bond donors (Lipinski definition) is 0. The van der Waals surface area contributed by atoms with Gasteiger partial charge in [0.05, 0.1) is 6.10 Å². The summed E-state index contributed by atoms with van der Waals surface area (Å²) in [5.41, 5.74) is 0. The second-order valence-corrected chi connectivity index (χ2v) is 3.84. The van der Waals surface area contributed by atoms with E-state index in [0.717, 1.165) is 32.3 Å². The van der Waals surface area contributed by atoms with Gasteiger partial charge in [-0.25, -0.2) is 0 Å². The molecule has 0 rings (SSSR count). The Hall–Kier alpha value is 0.240. The molecule has 0 fully saturated rings. The normalized spacial score (nSPS) is 13.2. The molecule has 0 aromatic heterocycles. The fraction of sp³-hybridized carbons (Fsp3) is 1.00. The molecular weight excluding hydrogens is 187 g/mol. The molecule has 1 unspecified atom stereocenters. The second-order valence-electron chi connectivity index (χ2n) is 3.21. The first-order valence-corrected chi connectivity index (χ1v) is 6.08. The van der Waals surface area contributed by atoms with Crippen LogP contribution in [-0.2, 0) is 4.74 Å². The SMILES string of the molecule is CCCC(CC)OCCCCSF. The van der Waals surface area contributed by atoms with Crippen LogP contribution in [0.25, 0.3) is 0 Å². The summed E-state index contributed by atoms with van der Waals surface area (Å²) in [5.74, 6) is 0.605. The van der Waals surface area contributed by atoms with Crippen molar-refractivity contribution in [1.29, 1.82) is 0 Å². The summed E-state index contributed by atoms with van der Waals surface area (Å²) < 4.78 is 17.3. The fourth-order valence-corrected chi connectivity index (χ4v) is 1.55. The quantitative estimate of drug-likeness (QED) is 0.530. The molecule has 13 heavy (non-hydrogen) atoms. The lowest BCUT2D eigenvalue weighted by atomic mass is 10.1. The molecule has 0 aromatic rings. The molecule has 80 valence electrons. The van der Waals surface area contributed by atoms with E-state index >= 15 is 0 Å². The fourth-order valence-electron chi connectivity index (χ4n) is 1.24. The number of unbranched alkanes of at least 4 members (excludes halogenated alkanes) is 1. The lowest BCUT2D eigenvalue weighted by Crippen LogP contribution is -2.12. The lowest BCUT2D eigenvalue weighted by molar-refractivity contribution is 0.0428. The van der Waals surface area contributed by atoms with Gasteiger partial charge < -0.3 is 4.74 Å². The number of halogens is 1. The molecular formula is C10H21FOS. The van der Waals surface area contributed by atoms with Crippen LogP contribution in [-0.4, -0.2) is 18.5 Å². The van der Waals surface area contributed by atoms with Crippen molar-refractivity contribution in [2.45, 2.75) is 52.1 Å². The van der Waals surface area contributed by atoms with Gasteiger partial charge in [0.25, 0.3) is 0 Å². The van der Waals surface area contributed by atoms with Gasteiger partial charge in [0.2, 0.25) is 0 Å². The molecule has 0 aliphatic heterocycles. The van der Waals surface area contributed by atoms with Gasteiger partial charge in [-0.05, 0) is 25.7 Å². The Morgan fingerprint density at radius 1 is 1.31 bits per heavy atom. The average molecular weight is 208 g/mol. The molecule has 1 atom stereocenters. The highest BCUT2D eigenvalue weighted by Crippen LogP contribution is 2.09. The lowest BCUT2D eigenvalue weighted by Gasteiger charge is -2.14. The van der Waals surface area contributed by atoms with Crippen LogP contribution < -0.4 is 0 Å². The van der Waals surface area contributed by atoms with Crippen LogP contribution in [0.15, 0.2) is 0 Å². The van der Waals surface area contributed by atoms with E-state index < -0.39 is 0 Å². The minimum atomic E-state index is 0.419. The summed E-state index contributed by atoms with van der Waals surface area (Å²) in [6, 6.07) is 0. The summed E-state index contributed by atoms with van der Waals surface area (Å²) in [4.78, 5) is 0. The van der Waals surface area contributed by atoms with E-state index in [2.05, 4.69) is 13.8 Å². The Bertz CT molecular complexity index is 101. The van der Waals surface area contributed by atoms with Crippen molar-refractivity contribution in [3.8, 4) is 0 Å². The summed E-state index contributed by atoms with van der Waals surface area (Å²) in [5, 5.41) is 0. The number of hydrogen-bond acceptors (Lipinski definition) is 2. The van der Waals surface area contributed by atoms with Crippen LogP contribution in [0.2, 0.25) is 0 Å². The standard InChI is InChI=1S/C10H21FOS/c1-3-7-10(4-2)12-8-5-6-9-13-11/h10H,3-9H2,1-2H3. The highest BCUT2D eigenvalue weighted by Gasteiger charge is 2.03. The zero-order chi connectivity index (χ0) is 9.94. The molecule has 0 aliphatic rings.